The molecule has 1 N–H and O–H groups in total. The molecule has 120 valence electrons. The number of hydrogen-bond acceptors (Lipinski definition) is 4. The first kappa shape index (κ1) is 16.9. The van der Waals surface area contributed by atoms with Crippen molar-refractivity contribution in [1.29, 1.82) is 0 Å². The third-order valence-electron chi connectivity index (χ3n) is 5.14. The second-order valence-electron chi connectivity index (χ2n) is 6.18. The third-order valence-corrected chi connectivity index (χ3v) is 5.94. The average Bonchev–Trinajstić information content (AvgIpc) is 3.20. The fourth-order valence-electron chi connectivity index (χ4n) is 3.89. The van der Waals surface area contributed by atoms with E-state index in [4.69, 9.17) is 0 Å². The number of hydrogen-bond donors (Lipinski definition) is 1. The van der Waals surface area contributed by atoms with E-state index < -0.39 is 0 Å². The number of rotatable bonds is 9. The Labute approximate surface area is 134 Å². The van der Waals surface area contributed by atoms with Crippen molar-refractivity contribution >= 4 is 11.3 Å². The van der Waals surface area contributed by atoms with E-state index >= 15 is 0 Å². The molecule has 0 spiro atoms. The van der Waals surface area contributed by atoms with E-state index in [0.29, 0.717) is 11.6 Å². The highest BCUT2D eigenvalue weighted by Crippen LogP contribution is 2.33. The van der Waals surface area contributed by atoms with Crippen molar-refractivity contribution < 1.29 is 0 Å². The van der Waals surface area contributed by atoms with Crippen LogP contribution < -0.4 is 5.32 Å². The van der Waals surface area contributed by atoms with Gasteiger partial charge in [-0.1, -0.05) is 20.8 Å². The van der Waals surface area contributed by atoms with Gasteiger partial charge in [0.15, 0.2) is 0 Å². The molecule has 1 aliphatic heterocycles. The van der Waals surface area contributed by atoms with E-state index in [1.54, 1.807) is 11.3 Å². The highest BCUT2D eigenvalue weighted by molar-refractivity contribution is 7.09. The second kappa shape index (κ2) is 8.25. The summed E-state index contributed by atoms with van der Waals surface area (Å²) in [5, 5.41) is 3.86. The SMILES string of the molecule is CCCNC(Cc1cncs1)C(CC)(CC)N1CCCC1. The monoisotopic (exact) mass is 309 g/mol. The van der Waals surface area contributed by atoms with Gasteiger partial charge in [0.2, 0.25) is 0 Å². The van der Waals surface area contributed by atoms with Crippen LogP contribution in [-0.4, -0.2) is 41.1 Å². The van der Waals surface area contributed by atoms with Gasteiger partial charge in [-0.15, -0.1) is 11.3 Å². The first-order valence-electron chi connectivity index (χ1n) is 8.62. The summed E-state index contributed by atoms with van der Waals surface area (Å²) < 4.78 is 0. The van der Waals surface area contributed by atoms with Crippen molar-refractivity contribution in [3.8, 4) is 0 Å². The molecule has 0 saturated carbocycles. The van der Waals surface area contributed by atoms with E-state index in [9.17, 15) is 0 Å². The molecule has 1 aliphatic rings. The summed E-state index contributed by atoms with van der Waals surface area (Å²) in [5.74, 6) is 0. The number of nitrogens with zero attached hydrogens (tertiary/aromatic N) is 2. The van der Waals surface area contributed by atoms with Crippen LogP contribution in [0.2, 0.25) is 0 Å². The van der Waals surface area contributed by atoms with Gasteiger partial charge in [-0.2, -0.15) is 0 Å². The van der Waals surface area contributed by atoms with Gasteiger partial charge < -0.3 is 5.32 Å². The van der Waals surface area contributed by atoms with Crippen molar-refractivity contribution in [2.24, 2.45) is 0 Å². The predicted octanol–water partition coefficient (Wildman–Crippen LogP) is 3.71. The average molecular weight is 310 g/mol. The molecule has 4 heteroatoms. The Bertz CT molecular complexity index is 381. The molecule has 2 heterocycles. The van der Waals surface area contributed by atoms with E-state index in [1.807, 2.05) is 11.7 Å². The molecule has 1 aromatic heterocycles. The van der Waals surface area contributed by atoms with Crippen LogP contribution in [0.25, 0.3) is 0 Å². The van der Waals surface area contributed by atoms with Crippen molar-refractivity contribution in [1.82, 2.24) is 15.2 Å². The fourth-order valence-corrected chi connectivity index (χ4v) is 4.53. The Morgan fingerprint density at radius 3 is 2.52 bits per heavy atom. The normalized spacial score (nSPS) is 18.2. The molecule has 0 bridgehead atoms. The minimum Gasteiger partial charge on any atom is -0.312 e. The van der Waals surface area contributed by atoms with Crippen LogP contribution in [0.3, 0.4) is 0 Å². The lowest BCUT2D eigenvalue weighted by Gasteiger charge is -2.47. The van der Waals surface area contributed by atoms with Crippen LogP contribution in [0.15, 0.2) is 11.7 Å². The van der Waals surface area contributed by atoms with Crippen LogP contribution in [0.1, 0.15) is 57.8 Å². The predicted molar refractivity (Wildman–Crippen MR) is 92.0 cm³/mol. The first-order chi connectivity index (χ1) is 10.3. The van der Waals surface area contributed by atoms with Crippen LogP contribution in [0.5, 0.6) is 0 Å². The number of thiazole rings is 1. The fraction of sp³-hybridized carbons (Fsp3) is 0.824. The van der Waals surface area contributed by atoms with Crippen molar-refractivity contribution in [3.05, 3.63) is 16.6 Å². The number of aromatic nitrogens is 1. The lowest BCUT2D eigenvalue weighted by atomic mass is 9.80. The molecule has 0 radical (unpaired) electrons. The van der Waals surface area contributed by atoms with Gasteiger partial charge in [-0.05, 0) is 51.7 Å². The molecule has 21 heavy (non-hydrogen) atoms. The van der Waals surface area contributed by atoms with Crippen LogP contribution in [-0.2, 0) is 6.42 Å². The number of likely N-dealkylation sites (tertiary alicyclic amines) is 1. The molecule has 0 aliphatic carbocycles. The molecular weight excluding hydrogens is 278 g/mol. The molecule has 1 atom stereocenters. The van der Waals surface area contributed by atoms with Gasteiger partial charge in [0, 0.05) is 29.1 Å². The lowest BCUT2D eigenvalue weighted by molar-refractivity contribution is 0.0623. The highest BCUT2D eigenvalue weighted by Gasteiger charge is 2.41. The summed E-state index contributed by atoms with van der Waals surface area (Å²) in [5.41, 5.74) is 2.26. The van der Waals surface area contributed by atoms with Crippen molar-refractivity contribution in [2.45, 2.75) is 70.9 Å². The summed E-state index contributed by atoms with van der Waals surface area (Å²) in [6.45, 7) is 10.7. The van der Waals surface area contributed by atoms with Gasteiger partial charge in [0.05, 0.1) is 5.51 Å². The Balaban J connectivity index is 2.20. The second-order valence-corrected chi connectivity index (χ2v) is 7.15. The summed E-state index contributed by atoms with van der Waals surface area (Å²) in [6, 6.07) is 0.533. The van der Waals surface area contributed by atoms with Crippen LogP contribution in [0.4, 0.5) is 0 Å². The zero-order valence-corrected chi connectivity index (χ0v) is 14.7. The summed E-state index contributed by atoms with van der Waals surface area (Å²) in [4.78, 5) is 8.44. The summed E-state index contributed by atoms with van der Waals surface area (Å²) in [7, 11) is 0. The van der Waals surface area contributed by atoms with Gasteiger partial charge >= 0.3 is 0 Å². The molecule has 3 nitrogen and oxygen atoms in total. The molecule has 1 fully saturated rings. The van der Waals surface area contributed by atoms with Gasteiger partial charge in [0.1, 0.15) is 0 Å². The molecule has 1 saturated heterocycles. The van der Waals surface area contributed by atoms with E-state index in [0.717, 1.165) is 13.0 Å². The molecule has 2 rings (SSSR count). The summed E-state index contributed by atoms with van der Waals surface area (Å²) >= 11 is 1.79. The Morgan fingerprint density at radius 1 is 1.29 bits per heavy atom. The molecule has 1 unspecified atom stereocenters. The van der Waals surface area contributed by atoms with E-state index in [2.05, 4.69) is 36.0 Å². The molecule has 0 aromatic carbocycles. The number of nitrogens with one attached hydrogen (secondary N) is 1. The van der Waals surface area contributed by atoms with Crippen LogP contribution in [0, 0.1) is 0 Å². The molecule has 1 aromatic rings. The maximum atomic E-state index is 4.26. The lowest BCUT2D eigenvalue weighted by Crippen LogP contribution is -2.61. The topological polar surface area (TPSA) is 28.2 Å². The van der Waals surface area contributed by atoms with Crippen LogP contribution >= 0.6 is 11.3 Å². The van der Waals surface area contributed by atoms with Crippen molar-refractivity contribution in [2.75, 3.05) is 19.6 Å². The van der Waals surface area contributed by atoms with Gasteiger partial charge in [-0.3, -0.25) is 9.88 Å². The van der Waals surface area contributed by atoms with E-state index in [-0.39, 0.29) is 0 Å². The standard InChI is InChI=1S/C17H31N3S/c1-4-9-19-16(12-15-13-18-14-21-15)17(5-2,6-3)20-10-7-8-11-20/h13-14,16,19H,4-12H2,1-3H3. The smallest absolute Gasteiger partial charge is 0.0794 e. The highest BCUT2D eigenvalue weighted by atomic mass is 32.1. The molecule has 0 amide bonds. The minimum absolute atomic E-state index is 0.301. The van der Waals surface area contributed by atoms with Gasteiger partial charge in [0.25, 0.3) is 0 Å². The summed E-state index contributed by atoms with van der Waals surface area (Å²) in [6.07, 6.45) is 9.54. The quantitative estimate of drug-likeness (QED) is 0.754. The minimum atomic E-state index is 0.301. The first-order valence-corrected chi connectivity index (χ1v) is 9.50. The zero-order chi connectivity index (χ0) is 15.1. The maximum Gasteiger partial charge on any atom is 0.0794 e. The largest absolute Gasteiger partial charge is 0.312 e. The van der Waals surface area contributed by atoms with Gasteiger partial charge in [-0.25, -0.2) is 0 Å². The van der Waals surface area contributed by atoms with E-state index in [1.165, 1.54) is 50.1 Å². The molecular formula is C17H31N3S. The Kier molecular flexibility index (Phi) is 6.65. The zero-order valence-electron chi connectivity index (χ0n) is 13.9. The Hall–Kier alpha value is -0.450. The Morgan fingerprint density at radius 2 is 2.00 bits per heavy atom. The maximum absolute atomic E-state index is 4.26. The third kappa shape index (κ3) is 3.85. The van der Waals surface area contributed by atoms with Crippen molar-refractivity contribution in [3.63, 3.8) is 0 Å².